The van der Waals surface area contributed by atoms with Crippen molar-refractivity contribution in [1.82, 2.24) is 4.98 Å². The molecule has 0 aliphatic rings. The summed E-state index contributed by atoms with van der Waals surface area (Å²) in [5.41, 5.74) is 2.20. The Morgan fingerprint density at radius 2 is 2.19 bits per heavy atom. The van der Waals surface area contributed by atoms with E-state index in [1.165, 1.54) is 0 Å². The first kappa shape index (κ1) is 16.5. The summed E-state index contributed by atoms with van der Waals surface area (Å²) in [6.45, 7) is 7.64. The normalized spacial score (nSPS) is 11.5. The van der Waals surface area contributed by atoms with Gasteiger partial charge in [-0.3, -0.25) is 0 Å². The van der Waals surface area contributed by atoms with Crippen LogP contribution in [0.1, 0.15) is 18.9 Å². The third kappa shape index (κ3) is 6.98. The van der Waals surface area contributed by atoms with E-state index in [-0.39, 0.29) is 0 Å². The fourth-order valence-electron chi connectivity index (χ4n) is 1.53. The fourth-order valence-corrected chi connectivity index (χ4v) is 1.53. The summed E-state index contributed by atoms with van der Waals surface area (Å²) in [6.07, 6.45) is 14.1. The van der Waals surface area contributed by atoms with E-state index in [2.05, 4.69) is 29.5 Å². The molecule has 0 atom stereocenters. The number of hydrogen-bond acceptors (Lipinski definition) is 2. The van der Waals surface area contributed by atoms with E-state index in [0.717, 1.165) is 17.0 Å². The highest BCUT2D eigenvalue weighted by Crippen LogP contribution is 2.09. The van der Waals surface area contributed by atoms with Gasteiger partial charge >= 0.3 is 0 Å². The number of aromatic nitrogens is 1. The highest BCUT2D eigenvalue weighted by atomic mass is 15.1. The highest BCUT2D eigenvalue weighted by Gasteiger charge is 1.96. The van der Waals surface area contributed by atoms with Crippen molar-refractivity contribution < 1.29 is 0 Å². The summed E-state index contributed by atoms with van der Waals surface area (Å²) >= 11 is 0. The summed E-state index contributed by atoms with van der Waals surface area (Å²) in [4.78, 5) is 6.34. The molecule has 0 aromatic carbocycles. The molecule has 0 bridgehead atoms. The second kappa shape index (κ2) is 9.39. The molecule has 0 fully saturated rings. The van der Waals surface area contributed by atoms with Gasteiger partial charge in [-0.25, -0.2) is 4.98 Å². The van der Waals surface area contributed by atoms with Crippen molar-refractivity contribution in [2.24, 2.45) is 0 Å². The second-order valence-electron chi connectivity index (χ2n) is 4.67. The van der Waals surface area contributed by atoms with Crippen molar-refractivity contribution in [3.8, 4) is 11.8 Å². The van der Waals surface area contributed by atoms with Crippen LogP contribution in [-0.4, -0.2) is 12.0 Å². The number of hydrogen-bond donors (Lipinski definition) is 0. The second-order valence-corrected chi connectivity index (χ2v) is 4.67. The van der Waals surface area contributed by atoms with Crippen LogP contribution in [0.2, 0.25) is 0 Å². The van der Waals surface area contributed by atoms with Gasteiger partial charge in [0.05, 0.1) is 0 Å². The van der Waals surface area contributed by atoms with E-state index < -0.39 is 0 Å². The van der Waals surface area contributed by atoms with E-state index in [4.69, 9.17) is 0 Å². The Labute approximate surface area is 128 Å². The van der Waals surface area contributed by atoms with Gasteiger partial charge in [-0.2, -0.15) is 0 Å². The smallest absolute Gasteiger partial charge is 0.132 e. The number of anilines is 1. The molecule has 0 amide bonds. The van der Waals surface area contributed by atoms with E-state index >= 15 is 0 Å². The molecule has 0 aliphatic carbocycles. The van der Waals surface area contributed by atoms with Gasteiger partial charge in [0, 0.05) is 25.9 Å². The summed E-state index contributed by atoms with van der Waals surface area (Å²) in [5.74, 6) is 7.15. The molecule has 2 nitrogen and oxygen atoms in total. The van der Waals surface area contributed by atoms with Crippen molar-refractivity contribution in [2.45, 2.75) is 20.3 Å². The first-order valence-electron chi connectivity index (χ1n) is 6.90. The molecule has 1 aromatic rings. The van der Waals surface area contributed by atoms with Crippen molar-refractivity contribution in [3.05, 3.63) is 72.6 Å². The fraction of sp³-hybridized carbons (Fsp3) is 0.211. The van der Waals surface area contributed by atoms with Crippen LogP contribution < -0.4 is 4.90 Å². The predicted octanol–water partition coefficient (Wildman–Crippen LogP) is 4.42. The molecule has 0 aliphatic heterocycles. The molecular formula is C19H22N2. The number of allylic oxidation sites excluding steroid dienone is 6. The van der Waals surface area contributed by atoms with Crippen molar-refractivity contribution >= 4 is 5.82 Å². The Balaban J connectivity index is 2.48. The minimum absolute atomic E-state index is 0.715. The van der Waals surface area contributed by atoms with Gasteiger partial charge in [0.25, 0.3) is 0 Å². The molecule has 21 heavy (non-hydrogen) atoms. The van der Waals surface area contributed by atoms with Gasteiger partial charge in [-0.05, 0) is 31.1 Å². The lowest BCUT2D eigenvalue weighted by Crippen LogP contribution is -2.09. The maximum atomic E-state index is 4.36. The number of rotatable bonds is 5. The van der Waals surface area contributed by atoms with Gasteiger partial charge in [-0.1, -0.05) is 54.9 Å². The Hall–Kier alpha value is -2.53. The number of aryl methyl sites for hydroxylation is 1. The van der Waals surface area contributed by atoms with Gasteiger partial charge in [0.1, 0.15) is 5.82 Å². The Kier molecular flexibility index (Phi) is 7.39. The molecule has 0 saturated carbocycles. The lowest BCUT2D eigenvalue weighted by molar-refractivity contribution is 1.10. The Bertz CT molecular complexity index is 593. The molecule has 0 spiro atoms. The van der Waals surface area contributed by atoms with Crippen molar-refractivity contribution in [2.75, 3.05) is 11.9 Å². The van der Waals surface area contributed by atoms with Crippen LogP contribution >= 0.6 is 0 Å². The zero-order valence-corrected chi connectivity index (χ0v) is 13.0. The van der Waals surface area contributed by atoms with Gasteiger partial charge in [0.2, 0.25) is 0 Å². The quantitative estimate of drug-likeness (QED) is 0.585. The maximum Gasteiger partial charge on any atom is 0.132 e. The van der Waals surface area contributed by atoms with Crippen LogP contribution in [0.5, 0.6) is 0 Å². The lowest BCUT2D eigenvalue weighted by Gasteiger charge is -2.12. The van der Waals surface area contributed by atoms with E-state index in [0.29, 0.717) is 6.42 Å². The van der Waals surface area contributed by atoms with Gasteiger partial charge < -0.3 is 4.90 Å². The molecule has 0 saturated heterocycles. The molecule has 108 valence electrons. The average Bonchev–Trinajstić information content (AvgIpc) is 2.47. The third-order valence-electron chi connectivity index (χ3n) is 2.69. The first-order valence-corrected chi connectivity index (χ1v) is 6.90. The lowest BCUT2D eigenvalue weighted by atomic mass is 10.2. The predicted molar refractivity (Wildman–Crippen MR) is 92.0 cm³/mol. The summed E-state index contributed by atoms with van der Waals surface area (Å²) in [5, 5.41) is 0. The van der Waals surface area contributed by atoms with Crippen molar-refractivity contribution in [1.29, 1.82) is 0 Å². The molecule has 0 radical (unpaired) electrons. The van der Waals surface area contributed by atoms with Crippen LogP contribution in [0.4, 0.5) is 5.82 Å². The largest absolute Gasteiger partial charge is 0.336 e. The van der Waals surface area contributed by atoms with E-state index in [9.17, 15) is 0 Å². The van der Waals surface area contributed by atoms with E-state index in [1.807, 2.05) is 68.6 Å². The summed E-state index contributed by atoms with van der Waals surface area (Å²) in [6, 6.07) is 4.06. The minimum Gasteiger partial charge on any atom is -0.336 e. The highest BCUT2D eigenvalue weighted by molar-refractivity contribution is 5.41. The molecule has 0 N–H and O–H groups in total. The molecule has 1 heterocycles. The maximum absolute atomic E-state index is 4.36. The summed E-state index contributed by atoms with van der Waals surface area (Å²) < 4.78 is 0. The van der Waals surface area contributed by atoms with Crippen LogP contribution in [0.15, 0.2) is 67.1 Å². The number of pyridine rings is 1. The molecular weight excluding hydrogens is 256 g/mol. The van der Waals surface area contributed by atoms with Crippen LogP contribution in [-0.2, 0) is 0 Å². The molecule has 0 unspecified atom stereocenters. The SMILES string of the molecule is C=C/C=C\C=C(/C)C#CC/C=C\N(C)c1ccc(C)cn1. The Morgan fingerprint density at radius 3 is 2.86 bits per heavy atom. The first-order chi connectivity index (χ1) is 10.1. The van der Waals surface area contributed by atoms with Crippen LogP contribution in [0.3, 0.4) is 0 Å². The summed E-state index contributed by atoms with van der Waals surface area (Å²) in [7, 11) is 1.98. The zero-order valence-electron chi connectivity index (χ0n) is 13.0. The molecule has 2 heteroatoms. The van der Waals surface area contributed by atoms with Gasteiger partial charge in [0.15, 0.2) is 0 Å². The Morgan fingerprint density at radius 1 is 1.38 bits per heavy atom. The van der Waals surface area contributed by atoms with Crippen LogP contribution in [0, 0.1) is 18.8 Å². The molecule has 1 rings (SSSR count). The standard InChI is InChI=1S/C19H22N2/c1-5-6-8-11-17(2)12-9-7-10-15-21(4)19-14-13-18(3)16-20-19/h5-6,8,10-11,13-16H,1,7H2,2-4H3/b8-6-,15-10-,17-11+. The topological polar surface area (TPSA) is 16.1 Å². The monoisotopic (exact) mass is 278 g/mol. The molecule has 1 aromatic heterocycles. The zero-order chi connectivity index (χ0) is 15.5. The average molecular weight is 278 g/mol. The van der Waals surface area contributed by atoms with Gasteiger partial charge in [-0.15, -0.1) is 0 Å². The van der Waals surface area contributed by atoms with E-state index in [1.54, 1.807) is 6.08 Å². The van der Waals surface area contributed by atoms with Crippen LogP contribution in [0.25, 0.3) is 0 Å². The minimum atomic E-state index is 0.715. The van der Waals surface area contributed by atoms with Crippen molar-refractivity contribution in [3.63, 3.8) is 0 Å². The number of nitrogens with zero attached hydrogens (tertiary/aromatic N) is 2. The third-order valence-corrected chi connectivity index (χ3v) is 2.69.